The van der Waals surface area contributed by atoms with Gasteiger partial charge in [0.05, 0.1) is 6.10 Å². The van der Waals surface area contributed by atoms with Gasteiger partial charge in [-0.1, -0.05) is 18.2 Å². The van der Waals surface area contributed by atoms with Crippen LogP contribution in [0, 0.1) is 17.5 Å². The van der Waals surface area contributed by atoms with Gasteiger partial charge in [0.15, 0.2) is 0 Å². The Bertz CT molecular complexity index is 613. The summed E-state index contributed by atoms with van der Waals surface area (Å²) in [7, 11) is 1.50. The van der Waals surface area contributed by atoms with Gasteiger partial charge in [-0.25, -0.2) is 13.2 Å². The van der Waals surface area contributed by atoms with Crippen molar-refractivity contribution in [3.63, 3.8) is 0 Å². The minimum absolute atomic E-state index is 0.242. The van der Waals surface area contributed by atoms with E-state index in [1.165, 1.54) is 25.3 Å². The summed E-state index contributed by atoms with van der Waals surface area (Å²) < 4.78 is 45.5. The van der Waals surface area contributed by atoms with E-state index in [-0.39, 0.29) is 18.4 Å². The van der Waals surface area contributed by atoms with Crippen molar-refractivity contribution in [2.45, 2.75) is 25.6 Å². The topological polar surface area (TPSA) is 21.3 Å². The number of rotatable bonds is 6. The molecule has 0 radical (unpaired) electrons. The van der Waals surface area contributed by atoms with Crippen LogP contribution in [0.25, 0.3) is 0 Å². The van der Waals surface area contributed by atoms with E-state index in [0.29, 0.717) is 11.1 Å². The molecule has 0 amide bonds. The molecule has 0 spiro atoms. The smallest absolute Gasteiger partial charge is 0.129 e. The number of benzene rings is 2. The lowest BCUT2D eigenvalue weighted by molar-refractivity contribution is 0.0700. The summed E-state index contributed by atoms with van der Waals surface area (Å²) in [5.74, 6) is -1.59. The van der Waals surface area contributed by atoms with Gasteiger partial charge in [0, 0.05) is 31.3 Å². The fourth-order valence-electron chi connectivity index (χ4n) is 2.41. The molecule has 0 aliphatic rings. The number of hydrogen-bond donors (Lipinski definition) is 1. The van der Waals surface area contributed by atoms with Gasteiger partial charge in [-0.2, -0.15) is 0 Å². The monoisotopic (exact) mass is 309 g/mol. The molecule has 0 heterocycles. The Kier molecular flexibility index (Phi) is 5.57. The highest BCUT2D eigenvalue weighted by Gasteiger charge is 2.21. The van der Waals surface area contributed by atoms with Crippen LogP contribution in [0.5, 0.6) is 0 Å². The van der Waals surface area contributed by atoms with Crippen molar-refractivity contribution in [2.75, 3.05) is 7.11 Å². The molecule has 0 aliphatic carbocycles. The average Bonchev–Trinajstić information content (AvgIpc) is 2.47. The second kappa shape index (κ2) is 7.42. The first-order valence-electron chi connectivity index (χ1n) is 6.97. The van der Waals surface area contributed by atoms with Gasteiger partial charge in [0.2, 0.25) is 0 Å². The molecule has 2 nitrogen and oxygen atoms in total. The number of methoxy groups -OCH3 is 1. The van der Waals surface area contributed by atoms with Crippen LogP contribution in [0.2, 0.25) is 0 Å². The first-order valence-corrected chi connectivity index (χ1v) is 6.97. The molecule has 0 aliphatic heterocycles. The first-order chi connectivity index (χ1) is 10.5. The summed E-state index contributed by atoms with van der Waals surface area (Å²) in [5, 5.41) is 3.11. The van der Waals surface area contributed by atoms with E-state index in [1.807, 2.05) is 6.92 Å². The summed E-state index contributed by atoms with van der Waals surface area (Å²) >= 11 is 0. The van der Waals surface area contributed by atoms with Gasteiger partial charge in [0.1, 0.15) is 17.5 Å². The molecule has 2 aromatic rings. The van der Waals surface area contributed by atoms with Crippen molar-refractivity contribution in [2.24, 2.45) is 0 Å². The Hall–Kier alpha value is -1.85. The molecule has 0 saturated carbocycles. The molecular weight excluding hydrogens is 291 g/mol. The van der Waals surface area contributed by atoms with E-state index in [4.69, 9.17) is 4.74 Å². The molecule has 5 heteroatoms. The summed E-state index contributed by atoms with van der Waals surface area (Å²) in [6.45, 7) is 2.08. The van der Waals surface area contributed by atoms with Crippen LogP contribution in [0.1, 0.15) is 24.2 Å². The minimum Gasteiger partial charge on any atom is -0.375 e. The molecule has 2 atom stereocenters. The van der Waals surface area contributed by atoms with Crippen LogP contribution < -0.4 is 5.32 Å². The third-order valence-electron chi connectivity index (χ3n) is 3.47. The molecule has 0 aromatic heterocycles. The number of halogens is 3. The maximum atomic E-state index is 13.8. The van der Waals surface area contributed by atoms with Crippen LogP contribution in [0.3, 0.4) is 0 Å². The van der Waals surface area contributed by atoms with Crippen LogP contribution in [-0.2, 0) is 11.3 Å². The fraction of sp³-hybridized carbons (Fsp3) is 0.294. The quantitative estimate of drug-likeness (QED) is 0.872. The Morgan fingerprint density at radius 2 is 1.68 bits per heavy atom. The predicted octanol–water partition coefficient (Wildman–Crippen LogP) is 3.97. The van der Waals surface area contributed by atoms with E-state index >= 15 is 0 Å². The van der Waals surface area contributed by atoms with Crippen LogP contribution in [0.15, 0.2) is 42.5 Å². The van der Waals surface area contributed by atoms with Gasteiger partial charge in [-0.15, -0.1) is 0 Å². The van der Waals surface area contributed by atoms with Crippen molar-refractivity contribution in [3.8, 4) is 0 Å². The highest BCUT2D eigenvalue weighted by molar-refractivity contribution is 5.22. The van der Waals surface area contributed by atoms with Crippen molar-refractivity contribution >= 4 is 0 Å². The minimum atomic E-state index is -0.623. The van der Waals surface area contributed by atoms with Gasteiger partial charge in [-0.3, -0.25) is 0 Å². The molecule has 2 unspecified atom stereocenters. The van der Waals surface area contributed by atoms with E-state index in [2.05, 4.69) is 5.32 Å². The van der Waals surface area contributed by atoms with E-state index < -0.39 is 17.7 Å². The number of ether oxygens (including phenoxy) is 1. The third kappa shape index (κ3) is 4.08. The maximum absolute atomic E-state index is 13.8. The summed E-state index contributed by atoms with van der Waals surface area (Å²) in [4.78, 5) is 0. The molecule has 0 saturated heterocycles. The zero-order chi connectivity index (χ0) is 16.1. The molecule has 0 fully saturated rings. The number of hydrogen-bond acceptors (Lipinski definition) is 2. The van der Waals surface area contributed by atoms with Crippen molar-refractivity contribution < 1.29 is 17.9 Å². The van der Waals surface area contributed by atoms with E-state index in [9.17, 15) is 13.2 Å². The molecule has 2 aromatic carbocycles. The van der Waals surface area contributed by atoms with Crippen LogP contribution in [-0.4, -0.2) is 13.2 Å². The molecule has 1 N–H and O–H groups in total. The average molecular weight is 309 g/mol. The van der Waals surface area contributed by atoms with Crippen molar-refractivity contribution in [1.82, 2.24) is 5.32 Å². The Morgan fingerprint density at radius 3 is 2.27 bits per heavy atom. The Balaban J connectivity index is 2.06. The zero-order valence-corrected chi connectivity index (χ0v) is 12.4. The maximum Gasteiger partial charge on any atom is 0.129 e. The summed E-state index contributed by atoms with van der Waals surface area (Å²) in [6.07, 6.45) is -0.500. The lowest BCUT2D eigenvalue weighted by atomic mass is 10.0. The van der Waals surface area contributed by atoms with Crippen molar-refractivity contribution in [1.29, 1.82) is 0 Å². The lowest BCUT2D eigenvalue weighted by Gasteiger charge is -2.24. The molecule has 2 rings (SSSR count). The highest BCUT2D eigenvalue weighted by atomic mass is 19.1. The third-order valence-corrected chi connectivity index (χ3v) is 3.47. The lowest BCUT2D eigenvalue weighted by Crippen LogP contribution is -2.33. The SMILES string of the molecule is COC(c1ccccc1F)C(C)NCc1cc(F)cc(F)c1. The zero-order valence-electron chi connectivity index (χ0n) is 12.4. The fourth-order valence-corrected chi connectivity index (χ4v) is 2.41. The molecule has 22 heavy (non-hydrogen) atoms. The number of nitrogens with one attached hydrogen (secondary N) is 1. The van der Waals surface area contributed by atoms with Crippen molar-refractivity contribution in [3.05, 3.63) is 71.0 Å². The summed E-state index contributed by atoms with van der Waals surface area (Å²) in [6, 6.07) is 9.47. The summed E-state index contributed by atoms with van der Waals surface area (Å²) in [5.41, 5.74) is 0.920. The van der Waals surface area contributed by atoms with E-state index in [0.717, 1.165) is 6.07 Å². The first kappa shape index (κ1) is 16.5. The van der Waals surface area contributed by atoms with E-state index in [1.54, 1.807) is 18.2 Å². The molecule has 118 valence electrons. The van der Waals surface area contributed by atoms with Crippen LogP contribution >= 0.6 is 0 Å². The Labute approximate surface area is 127 Å². The van der Waals surface area contributed by atoms with Crippen LogP contribution in [0.4, 0.5) is 13.2 Å². The highest BCUT2D eigenvalue weighted by Crippen LogP contribution is 2.23. The second-order valence-electron chi connectivity index (χ2n) is 5.13. The normalized spacial score (nSPS) is 13.9. The van der Waals surface area contributed by atoms with Gasteiger partial charge in [-0.05, 0) is 30.7 Å². The second-order valence-corrected chi connectivity index (χ2v) is 5.13. The standard InChI is InChI=1S/C17H18F3NO/c1-11(17(22-2)15-5-3-4-6-16(15)20)21-10-12-7-13(18)9-14(19)8-12/h3-9,11,17,21H,10H2,1-2H3. The Morgan fingerprint density at radius 1 is 1.05 bits per heavy atom. The van der Waals surface area contributed by atoms with Gasteiger partial charge < -0.3 is 10.1 Å². The van der Waals surface area contributed by atoms with Gasteiger partial charge >= 0.3 is 0 Å². The van der Waals surface area contributed by atoms with Gasteiger partial charge in [0.25, 0.3) is 0 Å². The molecule has 0 bridgehead atoms. The predicted molar refractivity (Wildman–Crippen MR) is 78.8 cm³/mol. The largest absolute Gasteiger partial charge is 0.375 e. The molecular formula is C17H18F3NO.